The van der Waals surface area contributed by atoms with Crippen LogP contribution in [-0.4, -0.2) is 180 Å². The van der Waals surface area contributed by atoms with Crippen LogP contribution in [0, 0.1) is 45.3 Å². The van der Waals surface area contributed by atoms with Gasteiger partial charge in [-0.25, -0.2) is 0 Å². The zero-order valence-corrected chi connectivity index (χ0v) is 85.6. The Bertz CT molecular complexity index is 4020. The number of nitriles is 4. The molecular formula is C99H101Fe7N8O28+4. The summed E-state index contributed by atoms with van der Waals surface area (Å²) in [6.07, 6.45) is 0. The molecule has 11 rings (SSSR count). The summed E-state index contributed by atoms with van der Waals surface area (Å²) in [6.45, 7) is 11.1. The molecule has 0 unspecified atom stereocenters. The predicted molar refractivity (Wildman–Crippen MR) is 468 cm³/mol. The molecule has 0 fully saturated rings. The van der Waals surface area contributed by atoms with Crippen LogP contribution in [-0.2, 0) is 141 Å². The monoisotopic (exact) mass is 2240 g/mol. The van der Waals surface area contributed by atoms with E-state index in [4.69, 9.17) is 21.0 Å². The van der Waals surface area contributed by atoms with Gasteiger partial charge in [0, 0.05) is 53.9 Å². The topological polar surface area (TPSA) is 710 Å². The molecule has 0 aliphatic carbocycles. The van der Waals surface area contributed by atoms with Gasteiger partial charge in [0.05, 0.1) is 89.9 Å². The third-order valence-corrected chi connectivity index (χ3v) is 13.9. The van der Waals surface area contributed by atoms with Gasteiger partial charge in [0.15, 0.2) is 0 Å². The van der Waals surface area contributed by atoms with E-state index >= 15 is 0 Å². The Hall–Kier alpha value is -13.2. The minimum absolute atomic E-state index is 0. The van der Waals surface area contributed by atoms with E-state index in [-0.39, 0.29) is 216 Å². The van der Waals surface area contributed by atoms with Crippen molar-refractivity contribution in [1.82, 2.24) is 19.6 Å². The molecule has 11 aromatic rings. The summed E-state index contributed by atoms with van der Waals surface area (Å²) < 4.78 is 0. The van der Waals surface area contributed by atoms with Crippen molar-refractivity contribution in [3.8, 4) is 24.3 Å². The number of hydrogen-bond acceptors (Lipinski definition) is 32. The van der Waals surface area contributed by atoms with Crippen molar-refractivity contribution in [3.05, 3.63) is 395 Å². The van der Waals surface area contributed by atoms with Crippen LogP contribution < -0.4 is 66.4 Å². The molecule has 0 aliphatic heterocycles. The first-order chi connectivity index (χ1) is 62.3. The average Bonchev–Trinajstić information content (AvgIpc) is 0.995. The van der Waals surface area contributed by atoms with Gasteiger partial charge in [0.2, 0.25) is 0 Å². The maximum absolute atomic E-state index is 10.1. The molecule has 43 heteroatoms. The van der Waals surface area contributed by atoms with Crippen molar-refractivity contribution in [2.75, 3.05) is 94.8 Å². The van der Waals surface area contributed by atoms with E-state index in [9.17, 15) is 119 Å². The summed E-state index contributed by atoms with van der Waals surface area (Å²) in [5.74, 6) is -12.4. The van der Waals surface area contributed by atoms with Crippen LogP contribution in [0.3, 0.4) is 0 Å². The van der Waals surface area contributed by atoms with E-state index in [0.717, 1.165) is 26.2 Å². The summed E-state index contributed by atoms with van der Waals surface area (Å²) in [4.78, 5) is 119. The zero-order chi connectivity index (χ0) is 100. The molecule has 0 spiro atoms. The normalized spacial score (nSPS) is 8.03. The first kappa shape index (κ1) is 168. The Morgan fingerprint density at radius 2 is 0.275 bits per heavy atom. The molecule has 757 valence electrons. The minimum Gasteiger partial charge on any atom is -2.00 e. The molecule has 0 heterocycles. The fourth-order valence-corrected chi connectivity index (χ4v) is 7.59. The smallest absolute Gasteiger partial charge is 2.00 e. The number of nitrogens with zero attached hydrogens (tertiary/aromatic N) is 8. The molecule has 0 amide bonds. The second-order valence-electron chi connectivity index (χ2n) is 24.7. The van der Waals surface area contributed by atoms with Gasteiger partial charge in [-0.15, -0.1) is 13.2 Å². The summed E-state index contributed by atoms with van der Waals surface area (Å²) in [5, 5.41) is 161. The standard InChI is InChI=1S/2C7H17N2O.11C7H6O2.4C2H3N.7Fe.4O/c2*1-8(2)4-5-9(3)6-7-10;11*8-7(9)6-4-2-1-3-5-6;4*1-2-3;;;;;;;;;;;/h2*4-7H2,1-3H3;11*1-5H,(H,8,9);4*1H3;;;;;;;;;;;/q2*-1;;;;;;;;;;;;;;;;5*+3;2*+5;4*-2/p-11. The number of carboxylic acid groups (broad SMARTS) is 11. The zero-order valence-electron chi connectivity index (χ0n) is 77.9. The second kappa shape index (κ2) is 118. The molecular weight excluding hydrogens is 2140 g/mol. The average molecular weight is 2240 g/mol. The third-order valence-electron chi connectivity index (χ3n) is 13.9. The number of carbonyl (C=O) groups is 11. The van der Waals surface area contributed by atoms with Gasteiger partial charge in [-0.3, -0.25) is 0 Å². The molecule has 0 saturated carbocycles. The maximum atomic E-state index is 10.1. The predicted octanol–water partition coefficient (Wildman–Crippen LogP) is -0.142. The van der Waals surface area contributed by atoms with Gasteiger partial charge in [-0.1, -0.05) is 334 Å². The van der Waals surface area contributed by atoms with E-state index in [1.165, 1.54) is 161 Å². The molecule has 0 aliphatic rings. The van der Waals surface area contributed by atoms with E-state index in [1.807, 2.05) is 52.1 Å². The van der Waals surface area contributed by atoms with E-state index in [0.29, 0.717) is 13.1 Å². The molecule has 11 aromatic carbocycles. The van der Waals surface area contributed by atoms with E-state index < -0.39 is 65.7 Å². The minimum atomic E-state index is -1.13. The first-order valence-corrected chi connectivity index (χ1v) is 38.3. The summed E-state index contributed by atoms with van der Waals surface area (Å²) >= 11 is 0. The Labute approximate surface area is 901 Å². The number of rotatable bonds is 21. The Kier molecular flexibility index (Phi) is 140. The van der Waals surface area contributed by atoms with Crippen LogP contribution in [0.1, 0.15) is 142 Å². The van der Waals surface area contributed by atoms with Crippen molar-refractivity contribution in [1.29, 1.82) is 21.0 Å². The van der Waals surface area contributed by atoms with Crippen LogP contribution in [0.4, 0.5) is 0 Å². The summed E-state index contributed by atoms with van der Waals surface area (Å²) in [6, 6.07) is 95.7. The Morgan fingerprint density at radius 3 is 0.324 bits per heavy atom. The van der Waals surface area contributed by atoms with Gasteiger partial charge >= 0.3 is 119 Å². The molecule has 7 radical (unpaired) electrons. The van der Waals surface area contributed by atoms with Crippen LogP contribution in [0.15, 0.2) is 334 Å². The number of carboxylic acids is 11. The first-order valence-electron chi connectivity index (χ1n) is 38.3. The van der Waals surface area contributed by atoms with Gasteiger partial charge in [0.25, 0.3) is 0 Å². The van der Waals surface area contributed by atoms with Crippen LogP contribution in [0.25, 0.3) is 0 Å². The number of hydrogen-bond donors (Lipinski definition) is 0. The van der Waals surface area contributed by atoms with Gasteiger partial charge in [-0.2, -0.15) is 21.0 Å². The number of benzene rings is 11. The van der Waals surface area contributed by atoms with E-state index in [2.05, 4.69) is 9.80 Å². The van der Waals surface area contributed by atoms with Crippen molar-refractivity contribution in [2.45, 2.75) is 27.7 Å². The molecule has 0 aromatic heterocycles. The number of aromatic carboxylic acids is 11. The largest absolute Gasteiger partial charge is 5.00 e. The van der Waals surface area contributed by atoms with Gasteiger partial charge < -0.3 is 161 Å². The quantitative estimate of drug-likeness (QED) is 0.0845. The molecule has 0 saturated heterocycles. The van der Waals surface area contributed by atoms with Crippen LogP contribution in [0.5, 0.6) is 0 Å². The fourth-order valence-electron chi connectivity index (χ4n) is 7.59. The fraction of sp³-hybridized carbons (Fsp3) is 0.182. The molecule has 0 N–H and O–H groups in total. The van der Waals surface area contributed by atoms with Crippen molar-refractivity contribution < 1.29 is 261 Å². The second-order valence-corrected chi connectivity index (χ2v) is 24.7. The summed E-state index contributed by atoms with van der Waals surface area (Å²) in [5.41, 5.74) is 2.42. The molecule has 36 nitrogen and oxygen atoms in total. The molecule has 142 heavy (non-hydrogen) atoms. The van der Waals surface area contributed by atoms with E-state index in [1.54, 1.807) is 224 Å². The molecule has 0 atom stereocenters. The van der Waals surface area contributed by atoms with Gasteiger partial charge in [-0.05, 0) is 117 Å². The van der Waals surface area contributed by atoms with Crippen LogP contribution in [0.2, 0.25) is 0 Å². The Balaban J connectivity index is -0.0000000782. The number of carbonyl (C=O) groups excluding carboxylic acids is 11. The summed E-state index contributed by atoms with van der Waals surface area (Å²) in [7, 11) is 12.1. The van der Waals surface area contributed by atoms with Gasteiger partial charge in [0.1, 0.15) is 0 Å². The maximum Gasteiger partial charge on any atom is 5.00 e. The molecule has 0 bridgehead atoms. The van der Waals surface area contributed by atoms with Crippen molar-refractivity contribution in [2.24, 2.45) is 0 Å². The van der Waals surface area contributed by atoms with Crippen LogP contribution >= 0.6 is 0 Å². The number of likely N-dealkylation sites (N-methyl/N-ethyl adjacent to an activating group) is 4. The third kappa shape index (κ3) is 110. The Morgan fingerprint density at radius 1 is 0.197 bits per heavy atom. The SMILES string of the molecule is CC#N.CC#N.CC#N.CC#N.CN(C)CCN(C)CC[O-].CN(C)CCN(C)CC[O-].O=C([O-])c1ccccc1.O=C([O-])c1ccccc1.O=C([O-])c1ccccc1.O=C([O-])c1ccccc1.O=C([O-])c1ccccc1.O=C([O-])c1ccccc1.O=C([O-])c1ccccc1.O=C([O-])c1ccccc1.O=C([O-])c1ccccc1.O=C([O-])c1ccccc1.O=C([O-])c1ccccc1.[Fe+3].[Fe+3].[Fe+3].[Fe+3].[Fe+3].[Fe+5].[Fe+5].[O-2].[O-2].[O-2].[O-2]. The van der Waals surface area contributed by atoms with Crippen molar-refractivity contribution >= 4 is 65.7 Å². The van der Waals surface area contributed by atoms with Crippen molar-refractivity contribution in [3.63, 3.8) is 0 Å².